The van der Waals surface area contributed by atoms with Crippen molar-refractivity contribution in [2.24, 2.45) is 5.29 Å². The molecule has 0 aliphatic heterocycles. The van der Waals surface area contributed by atoms with E-state index in [1.807, 2.05) is 6.07 Å². The van der Waals surface area contributed by atoms with E-state index < -0.39 is 0 Å². The van der Waals surface area contributed by atoms with E-state index in [2.05, 4.69) is 5.29 Å². The van der Waals surface area contributed by atoms with Gasteiger partial charge in [0, 0.05) is 5.02 Å². The van der Waals surface area contributed by atoms with Crippen LogP contribution in [-0.2, 0) is 6.54 Å². The number of rotatable bonds is 4. The standard InChI is InChI=1S/C9H8ClN3O/c10-9-3-1-8(2-4-9)7-13(12-14)6-5-11/h1-4H,6-7H2. The second kappa shape index (κ2) is 5.20. The first-order chi connectivity index (χ1) is 6.76. The zero-order chi connectivity index (χ0) is 10.4. The molecule has 0 aromatic heterocycles. The Kier molecular flexibility index (Phi) is 3.89. The maximum Gasteiger partial charge on any atom is 0.126 e. The van der Waals surface area contributed by atoms with Crippen molar-refractivity contribution < 1.29 is 0 Å². The minimum atomic E-state index is -0.00781. The van der Waals surface area contributed by atoms with Crippen LogP contribution in [0, 0.1) is 16.2 Å². The van der Waals surface area contributed by atoms with Gasteiger partial charge in [-0.3, -0.25) is 0 Å². The second-order valence-electron chi connectivity index (χ2n) is 2.69. The summed E-state index contributed by atoms with van der Waals surface area (Å²) in [6, 6.07) is 8.89. The molecule has 0 heterocycles. The van der Waals surface area contributed by atoms with E-state index in [-0.39, 0.29) is 6.54 Å². The van der Waals surface area contributed by atoms with Gasteiger partial charge in [0.25, 0.3) is 0 Å². The van der Waals surface area contributed by atoms with Gasteiger partial charge in [-0.1, -0.05) is 23.7 Å². The van der Waals surface area contributed by atoms with Gasteiger partial charge in [0.15, 0.2) is 0 Å². The fourth-order valence-electron chi connectivity index (χ4n) is 0.996. The van der Waals surface area contributed by atoms with Gasteiger partial charge >= 0.3 is 0 Å². The first-order valence-corrected chi connectivity index (χ1v) is 4.33. The first-order valence-electron chi connectivity index (χ1n) is 3.96. The lowest BCUT2D eigenvalue weighted by Gasteiger charge is -2.10. The Bertz CT molecular complexity index is 344. The van der Waals surface area contributed by atoms with E-state index >= 15 is 0 Å². The largest absolute Gasteiger partial charge is 0.242 e. The Labute approximate surface area is 86.6 Å². The summed E-state index contributed by atoms with van der Waals surface area (Å²) in [4.78, 5) is 10.3. The van der Waals surface area contributed by atoms with Crippen molar-refractivity contribution in [3.05, 3.63) is 39.8 Å². The van der Waals surface area contributed by atoms with Crippen LogP contribution in [0.1, 0.15) is 5.56 Å². The third-order valence-corrected chi connectivity index (χ3v) is 1.90. The number of halogens is 1. The van der Waals surface area contributed by atoms with Gasteiger partial charge in [0.1, 0.15) is 6.54 Å². The van der Waals surface area contributed by atoms with E-state index in [4.69, 9.17) is 16.9 Å². The van der Waals surface area contributed by atoms with Crippen LogP contribution >= 0.6 is 11.6 Å². The average molecular weight is 210 g/mol. The van der Waals surface area contributed by atoms with Crippen molar-refractivity contribution in [2.75, 3.05) is 6.54 Å². The van der Waals surface area contributed by atoms with Crippen molar-refractivity contribution in [3.8, 4) is 6.07 Å². The van der Waals surface area contributed by atoms with Crippen molar-refractivity contribution in [1.82, 2.24) is 5.01 Å². The Morgan fingerprint density at radius 3 is 2.57 bits per heavy atom. The molecule has 0 atom stereocenters. The topological polar surface area (TPSA) is 56.5 Å². The maximum atomic E-state index is 10.3. The fourth-order valence-corrected chi connectivity index (χ4v) is 1.12. The molecule has 0 unspecified atom stereocenters. The highest BCUT2D eigenvalue weighted by Crippen LogP contribution is 2.11. The van der Waals surface area contributed by atoms with Gasteiger partial charge < -0.3 is 0 Å². The molecule has 0 bridgehead atoms. The summed E-state index contributed by atoms with van der Waals surface area (Å²) >= 11 is 5.69. The number of hydrogen-bond acceptors (Lipinski definition) is 3. The lowest BCUT2D eigenvalue weighted by Crippen LogP contribution is -2.16. The summed E-state index contributed by atoms with van der Waals surface area (Å²) in [5.41, 5.74) is 0.893. The molecule has 0 spiro atoms. The lowest BCUT2D eigenvalue weighted by atomic mass is 10.2. The third-order valence-electron chi connectivity index (χ3n) is 1.65. The van der Waals surface area contributed by atoms with Gasteiger partial charge in [0.2, 0.25) is 0 Å². The Hall–Kier alpha value is -1.60. The van der Waals surface area contributed by atoms with Crippen LogP contribution in [0.15, 0.2) is 29.6 Å². The third kappa shape index (κ3) is 3.04. The molecule has 0 saturated carbocycles. The van der Waals surface area contributed by atoms with Crippen LogP contribution in [0.4, 0.5) is 0 Å². The summed E-state index contributed by atoms with van der Waals surface area (Å²) in [5.74, 6) is 0. The summed E-state index contributed by atoms with van der Waals surface area (Å²) in [6.45, 7) is 0.320. The molecule has 0 radical (unpaired) electrons. The lowest BCUT2D eigenvalue weighted by molar-refractivity contribution is 0.310. The predicted molar refractivity (Wildman–Crippen MR) is 53.3 cm³/mol. The van der Waals surface area contributed by atoms with E-state index in [9.17, 15) is 4.91 Å². The van der Waals surface area contributed by atoms with Gasteiger partial charge in [-0.05, 0) is 17.7 Å². The highest BCUT2D eigenvalue weighted by Gasteiger charge is 2.02. The monoisotopic (exact) mass is 209 g/mol. The Balaban J connectivity index is 2.63. The van der Waals surface area contributed by atoms with Crippen LogP contribution in [0.5, 0.6) is 0 Å². The van der Waals surface area contributed by atoms with Crippen molar-refractivity contribution >= 4 is 11.6 Å². The molecular weight excluding hydrogens is 202 g/mol. The molecule has 0 aliphatic carbocycles. The molecule has 1 rings (SSSR count). The van der Waals surface area contributed by atoms with Crippen molar-refractivity contribution in [2.45, 2.75) is 6.54 Å². The summed E-state index contributed by atoms with van der Waals surface area (Å²) in [6.07, 6.45) is 0. The average Bonchev–Trinajstić information content (AvgIpc) is 2.20. The van der Waals surface area contributed by atoms with Crippen molar-refractivity contribution in [1.29, 1.82) is 5.26 Å². The molecule has 0 aliphatic rings. The van der Waals surface area contributed by atoms with Crippen molar-refractivity contribution in [3.63, 3.8) is 0 Å². The molecular formula is C9H8ClN3O. The molecule has 4 nitrogen and oxygen atoms in total. The zero-order valence-corrected chi connectivity index (χ0v) is 8.11. The molecule has 0 fully saturated rings. The smallest absolute Gasteiger partial charge is 0.126 e. The summed E-state index contributed by atoms with van der Waals surface area (Å²) < 4.78 is 0. The summed E-state index contributed by atoms with van der Waals surface area (Å²) in [7, 11) is 0. The maximum absolute atomic E-state index is 10.3. The zero-order valence-electron chi connectivity index (χ0n) is 7.35. The van der Waals surface area contributed by atoms with E-state index in [0.29, 0.717) is 11.6 Å². The Morgan fingerprint density at radius 2 is 2.07 bits per heavy atom. The molecule has 1 aromatic rings. The summed E-state index contributed by atoms with van der Waals surface area (Å²) in [5, 5.41) is 12.9. The minimum Gasteiger partial charge on any atom is -0.242 e. The number of nitrogens with zero attached hydrogens (tertiary/aromatic N) is 3. The number of benzene rings is 1. The van der Waals surface area contributed by atoms with Gasteiger partial charge in [-0.15, -0.1) is 4.91 Å². The molecule has 1 aromatic carbocycles. The molecule has 0 saturated heterocycles. The molecule has 72 valence electrons. The first kappa shape index (κ1) is 10.5. The molecule has 5 heteroatoms. The van der Waals surface area contributed by atoms with Crippen LogP contribution < -0.4 is 0 Å². The molecule has 0 amide bonds. The quantitative estimate of drug-likeness (QED) is 0.435. The van der Waals surface area contributed by atoms with Crippen LogP contribution in [0.2, 0.25) is 5.02 Å². The number of nitriles is 1. The number of nitroso groups, excluding NO2 is 1. The second-order valence-corrected chi connectivity index (χ2v) is 3.13. The van der Waals surface area contributed by atoms with E-state index in [0.717, 1.165) is 10.6 Å². The minimum absolute atomic E-state index is 0.00781. The van der Waals surface area contributed by atoms with Crippen LogP contribution in [0.25, 0.3) is 0 Å². The SMILES string of the molecule is N#CCN(Cc1ccc(Cl)cc1)N=O. The fraction of sp³-hybridized carbons (Fsp3) is 0.222. The number of hydrogen-bond donors (Lipinski definition) is 0. The molecule has 14 heavy (non-hydrogen) atoms. The van der Waals surface area contributed by atoms with Gasteiger partial charge in [-0.2, -0.15) is 5.26 Å². The highest BCUT2D eigenvalue weighted by atomic mass is 35.5. The van der Waals surface area contributed by atoms with Gasteiger partial charge in [0.05, 0.1) is 17.9 Å². The molecule has 0 N–H and O–H groups in total. The van der Waals surface area contributed by atoms with Gasteiger partial charge in [-0.25, -0.2) is 5.01 Å². The highest BCUT2D eigenvalue weighted by molar-refractivity contribution is 6.30. The predicted octanol–water partition coefficient (Wildman–Crippen LogP) is 2.35. The normalized spacial score (nSPS) is 9.14. The van der Waals surface area contributed by atoms with E-state index in [1.54, 1.807) is 24.3 Å². The van der Waals surface area contributed by atoms with Crippen LogP contribution in [0.3, 0.4) is 0 Å². The van der Waals surface area contributed by atoms with Crippen LogP contribution in [-0.4, -0.2) is 11.6 Å². The Morgan fingerprint density at radius 1 is 1.43 bits per heavy atom. The van der Waals surface area contributed by atoms with E-state index in [1.165, 1.54) is 0 Å².